The first-order valence-corrected chi connectivity index (χ1v) is 3.91. The molecule has 66 valence electrons. The highest BCUT2D eigenvalue weighted by Crippen LogP contribution is 2.07. The molecule has 0 atom stereocenters. The highest BCUT2D eigenvalue weighted by Gasteiger charge is 2.03. The van der Waals surface area contributed by atoms with Crippen molar-refractivity contribution in [1.29, 1.82) is 0 Å². The molecule has 4 heteroatoms. The van der Waals surface area contributed by atoms with Gasteiger partial charge in [0.05, 0.1) is 10.9 Å². The Labute approximate surface area is 74.6 Å². The zero-order chi connectivity index (χ0) is 9.42. The molecule has 1 heterocycles. The number of para-hydroxylation sites is 1. The first-order valence-electron chi connectivity index (χ1n) is 3.91. The molecule has 0 amide bonds. The van der Waals surface area contributed by atoms with Gasteiger partial charge in [-0.2, -0.15) is 5.10 Å². The molecule has 1 aromatic carbocycles. The number of anilines is 1. The van der Waals surface area contributed by atoms with Crippen LogP contribution < -0.4 is 11.2 Å². The Kier molecular flexibility index (Phi) is 1.55. The smallest absolute Gasteiger partial charge is 0.231 e. The van der Waals surface area contributed by atoms with Gasteiger partial charge in [0.1, 0.15) is 0 Å². The van der Waals surface area contributed by atoms with Crippen LogP contribution >= 0.6 is 0 Å². The molecule has 0 spiro atoms. The van der Waals surface area contributed by atoms with E-state index in [2.05, 4.69) is 5.10 Å². The Balaban J connectivity index is 3.06. The quantitative estimate of drug-likeness (QED) is 0.634. The van der Waals surface area contributed by atoms with Crippen molar-refractivity contribution >= 4 is 16.7 Å². The van der Waals surface area contributed by atoms with Crippen molar-refractivity contribution in [3.8, 4) is 0 Å². The summed E-state index contributed by atoms with van der Waals surface area (Å²) in [5.74, 6) is 0.0428. The summed E-state index contributed by atoms with van der Waals surface area (Å²) < 4.78 is 1.60. The van der Waals surface area contributed by atoms with Crippen molar-refractivity contribution in [3.05, 3.63) is 34.5 Å². The second kappa shape index (κ2) is 2.58. The fourth-order valence-electron chi connectivity index (χ4n) is 1.35. The average Bonchev–Trinajstić information content (AvgIpc) is 2.15. The van der Waals surface area contributed by atoms with Crippen LogP contribution in [0.25, 0.3) is 10.9 Å². The minimum absolute atomic E-state index is 0.0428. The summed E-state index contributed by atoms with van der Waals surface area (Å²) in [7, 11) is 1.76. The van der Waals surface area contributed by atoms with Crippen LogP contribution in [0.2, 0.25) is 0 Å². The molecule has 0 aliphatic carbocycles. The van der Waals surface area contributed by atoms with Crippen LogP contribution in [0.15, 0.2) is 29.1 Å². The molecular weight excluding hydrogens is 166 g/mol. The second-order valence-electron chi connectivity index (χ2n) is 2.86. The topological polar surface area (TPSA) is 60.9 Å². The lowest BCUT2D eigenvalue weighted by Gasteiger charge is -2.03. The van der Waals surface area contributed by atoms with Crippen LogP contribution in [0.4, 0.5) is 5.82 Å². The molecule has 0 unspecified atom stereocenters. The van der Waals surface area contributed by atoms with Crippen molar-refractivity contribution in [2.24, 2.45) is 7.05 Å². The summed E-state index contributed by atoms with van der Waals surface area (Å²) in [4.78, 5) is 11.5. The normalized spacial score (nSPS) is 10.5. The first kappa shape index (κ1) is 7.79. The van der Waals surface area contributed by atoms with Crippen LogP contribution in [0.3, 0.4) is 0 Å². The molecule has 0 bridgehead atoms. The maximum absolute atomic E-state index is 11.5. The van der Waals surface area contributed by atoms with Crippen LogP contribution in [0.1, 0.15) is 0 Å². The molecule has 0 fully saturated rings. The fourth-order valence-corrected chi connectivity index (χ4v) is 1.35. The van der Waals surface area contributed by atoms with Gasteiger partial charge in [-0.15, -0.1) is 0 Å². The molecular formula is C9H9N3O. The van der Waals surface area contributed by atoms with Gasteiger partial charge in [0.25, 0.3) is 0 Å². The van der Waals surface area contributed by atoms with E-state index in [9.17, 15) is 4.79 Å². The third-order valence-corrected chi connectivity index (χ3v) is 1.99. The predicted molar refractivity (Wildman–Crippen MR) is 51.4 cm³/mol. The number of benzene rings is 1. The van der Waals surface area contributed by atoms with Gasteiger partial charge in [0, 0.05) is 7.05 Å². The van der Waals surface area contributed by atoms with Crippen LogP contribution in [-0.4, -0.2) is 9.78 Å². The number of hydrogen-bond acceptors (Lipinski definition) is 3. The van der Waals surface area contributed by atoms with Crippen molar-refractivity contribution in [2.45, 2.75) is 0 Å². The Morgan fingerprint density at radius 2 is 2.08 bits per heavy atom. The number of rotatable bonds is 0. The lowest BCUT2D eigenvalue weighted by Crippen LogP contribution is -2.16. The Bertz CT molecular complexity index is 516. The standard InChI is InChI=1S/C9H9N3O/c1-12-7-5-3-2-4-6(7)8(13)9(10)11-12/h2-5H,1H3,(H2,10,11). The van der Waals surface area contributed by atoms with Gasteiger partial charge in [-0.25, -0.2) is 0 Å². The largest absolute Gasteiger partial charge is 0.379 e. The van der Waals surface area contributed by atoms with Gasteiger partial charge in [-0.05, 0) is 12.1 Å². The Morgan fingerprint density at radius 3 is 2.85 bits per heavy atom. The first-order chi connectivity index (χ1) is 6.20. The maximum atomic E-state index is 11.5. The van der Waals surface area contributed by atoms with E-state index >= 15 is 0 Å². The van der Waals surface area contributed by atoms with Crippen LogP contribution in [0, 0.1) is 0 Å². The van der Waals surface area contributed by atoms with Crippen molar-refractivity contribution in [2.75, 3.05) is 5.73 Å². The molecule has 0 aliphatic rings. The van der Waals surface area contributed by atoms with E-state index in [-0.39, 0.29) is 11.2 Å². The third-order valence-electron chi connectivity index (χ3n) is 1.99. The summed E-state index contributed by atoms with van der Waals surface area (Å²) in [6, 6.07) is 7.25. The van der Waals surface area contributed by atoms with Gasteiger partial charge in [0.15, 0.2) is 5.82 Å². The summed E-state index contributed by atoms with van der Waals surface area (Å²) in [6.45, 7) is 0. The van der Waals surface area contributed by atoms with Gasteiger partial charge in [-0.3, -0.25) is 9.48 Å². The molecule has 0 saturated carbocycles. The molecule has 2 rings (SSSR count). The van der Waals surface area contributed by atoms with Gasteiger partial charge in [0.2, 0.25) is 5.43 Å². The SMILES string of the molecule is Cn1nc(N)c(=O)c2ccccc21. The monoisotopic (exact) mass is 175 g/mol. The number of fused-ring (bicyclic) bond motifs is 1. The average molecular weight is 175 g/mol. The summed E-state index contributed by atoms with van der Waals surface area (Å²) in [5.41, 5.74) is 6.04. The molecule has 2 N–H and O–H groups in total. The number of nitrogens with zero attached hydrogens (tertiary/aromatic N) is 2. The van der Waals surface area contributed by atoms with Gasteiger partial charge < -0.3 is 5.73 Å². The van der Waals surface area contributed by atoms with E-state index in [0.717, 1.165) is 5.52 Å². The molecule has 0 saturated heterocycles. The van der Waals surface area contributed by atoms with E-state index in [1.807, 2.05) is 18.2 Å². The lowest BCUT2D eigenvalue weighted by atomic mass is 10.2. The molecule has 0 aliphatic heterocycles. The molecule has 1 aromatic heterocycles. The maximum Gasteiger partial charge on any atom is 0.231 e. The molecule has 2 aromatic rings. The lowest BCUT2D eigenvalue weighted by molar-refractivity contribution is 0.781. The minimum Gasteiger partial charge on any atom is -0.379 e. The third kappa shape index (κ3) is 1.07. The van der Waals surface area contributed by atoms with Crippen molar-refractivity contribution in [3.63, 3.8) is 0 Å². The van der Waals surface area contributed by atoms with Crippen molar-refractivity contribution in [1.82, 2.24) is 9.78 Å². The fraction of sp³-hybridized carbons (Fsp3) is 0.111. The summed E-state index contributed by atoms with van der Waals surface area (Å²) in [5, 5.41) is 4.49. The number of aryl methyl sites for hydroxylation is 1. The van der Waals surface area contributed by atoms with E-state index < -0.39 is 0 Å². The van der Waals surface area contributed by atoms with Crippen LogP contribution in [-0.2, 0) is 7.05 Å². The number of hydrogen-bond donors (Lipinski definition) is 1. The second-order valence-corrected chi connectivity index (χ2v) is 2.86. The van der Waals surface area contributed by atoms with Crippen LogP contribution in [0.5, 0.6) is 0 Å². The number of aromatic nitrogens is 2. The summed E-state index contributed by atoms with van der Waals surface area (Å²) >= 11 is 0. The van der Waals surface area contributed by atoms with E-state index in [0.29, 0.717) is 5.39 Å². The summed E-state index contributed by atoms with van der Waals surface area (Å²) in [6.07, 6.45) is 0. The molecule has 13 heavy (non-hydrogen) atoms. The van der Waals surface area contributed by atoms with E-state index in [1.165, 1.54) is 0 Å². The Morgan fingerprint density at radius 1 is 1.38 bits per heavy atom. The van der Waals surface area contributed by atoms with Gasteiger partial charge >= 0.3 is 0 Å². The zero-order valence-electron chi connectivity index (χ0n) is 7.19. The highest BCUT2D eigenvalue weighted by atomic mass is 16.1. The zero-order valence-corrected chi connectivity index (χ0v) is 7.19. The molecule has 0 radical (unpaired) electrons. The number of nitrogen functional groups attached to an aromatic ring is 1. The Hall–Kier alpha value is -1.84. The molecule has 4 nitrogen and oxygen atoms in total. The highest BCUT2D eigenvalue weighted by molar-refractivity contribution is 5.80. The minimum atomic E-state index is -0.200. The van der Waals surface area contributed by atoms with Gasteiger partial charge in [-0.1, -0.05) is 12.1 Å². The van der Waals surface area contributed by atoms with Crippen molar-refractivity contribution < 1.29 is 0 Å². The number of nitrogens with two attached hydrogens (primary N) is 1. The van der Waals surface area contributed by atoms with E-state index in [4.69, 9.17) is 5.73 Å². The van der Waals surface area contributed by atoms with E-state index in [1.54, 1.807) is 17.8 Å². The predicted octanol–water partition coefficient (Wildman–Crippen LogP) is 0.516.